The van der Waals surface area contributed by atoms with Gasteiger partial charge in [0, 0.05) is 17.8 Å². The Balaban J connectivity index is 1.68. The summed E-state index contributed by atoms with van der Waals surface area (Å²) < 4.78 is 5.18. The molecule has 4 rings (SSSR count). The van der Waals surface area contributed by atoms with E-state index >= 15 is 0 Å². The molecule has 0 atom stereocenters. The molecular weight excluding hydrogens is 432 g/mol. The minimum Gasteiger partial charge on any atom is -0.497 e. The highest BCUT2D eigenvalue weighted by molar-refractivity contribution is 7.81. The molecule has 33 heavy (non-hydrogen) atoms. The molecule has 0 bridgehead atoms. The second-order valence-corrected chi connectivity index (χ2v) is 7.79. The number of anilines is 3. The Labute approximate surface area is 197 Å². The van der Waals surface area contributed by atoms with Crippen LogP contribution in [0.5, 0.6) is 5.75 Å². The number of aromatic amines is 1. The van der Waals surface area contributed by atoms with E-state index in [4.69, 9.17) is 22.7 Å². The van der Waals surface area contributed by atoms with Crippen LogP contribution in [0.3, 0.4) is 0 Å². The minimum absolute atomic E-state index is 0.230. The molecule has 1 aromatic heterocycles. The van der Waals surface area contributed by atoms with E-state index in [1.165, 1.54) is 0 Å². The van der Waals surface area contributed by atoms with Crippen LogP contribution in [0.15, 0.2) is 84.9 Å². The van der Waals surface area contributed by atoms with Crippen molar-refractivity contribution in [2.24, 2.45) is 0 Å². The van der Waals surface area contributed by atoms with Crippen molar-refractivity contribution in [1.82, 2.24) is 4.98 Å². The highest BCUT2D eigenvalue weighted by Gasteiger charge is 2.24. The smallest absolute Gasteiger partial charge is 0.211 e. The first-order valence-electron chi connectivity index (χ1n) is 10.4. The number of hydrogen-bond donors (Lipinski definition) is 4. The van der Waals surface area contributed by atoms with Crippen LogP contribution in [0.2, 0.25) is 0 Å². The van der Waals surface area contributed by atoms with Crippen molar-refractivity contribution in [2.75, 3.05) is 23.5 Å². The van der Waals surface area contributed by atoms with Crippen LogP contribution < -0.4 is 21.1 Å². The van der Waals surface area contributed by atoms with Gasteiger partial charge in [-0.2, -0.15) is 0 Å². The molecule has 0 fully saturated rings. The van der Waals surface area contributed by atoms with E-state index in [0.29, 0.717) is 39.9 Å². The van der Waals surface area contributed by atoms with Crippen molar-refractivity contribution in [1.29, 1.82) is 0 Å². The summed E-state index contributed by atoms with van der Waals surface area (Å²) in [6.45, 7) is 0.540. The highest BCUT2D eigenvalue weighted by Crippen LogP contribution is 2.30. The fraction of sp³-hybridized carbons (Fsp3) is 0.0769. The lowest BCUT2D eigenvalue weighted by atomic mass is 10.1. The number of benzene rings is 3. The van der Waals surface area contributed by atoms with Gasteiger partial charge in [-0.05, 0) is 42.0 Å². The summed E-state index contributed by atoms with van der Waals surface area (Å²) in [7, 11) is 1.58. The van der Waals surface area contributed by atoms with E-state index in [1.807, 2.05) is 60.7 Å². The van der Waals surface area contributed by atoms with Gasteiger partial charge >= 0.3 is 0 Å². The van der Waals surface area contributed by atoms with Gasteiger partial charge in [0.25, 0.3) is 0 Å². The number of nitrogen functional groups attached to an aromatic ring is 1. The fourth-order valence-corrected chi connectivity index (χ4v) is 3.78. The number of para-hydroxylation sites is 1. The van der Waals surface area contributed by atoms with E-state index in [-0.39, 0.29) is 11.5 Å². The van der Waals surface area contributed by atoms with Gasteiger partial charge in [0.15, 0.2) is 0 Å². The molecule has 0 aliphatic carbocycles. The van der Waals surface area contributed by atoms with Crippen LogP contribution in [0.25, 0.3) is 0 Å². The maximum Gasteiger partial charge on any atom is 0.211 e. The SMILES string of the molecule is COc1ccc(C(=O)c2[nH]c(NCc3ccccc3)c(C(=S)Nc3ccccc3)c2N)cc1. The second kappa shape index (κ2) is 10.0. The van der Waals surface area contributed by atoms with Gasteiger partial charge in [0.2, 0.25) is 5.78 Å². The number of ether oxygens (including phenoxy) is 1. The number of ketones is 1. The number of hydrogen-bond acceptors (Lipinski definition) is 5. The number of methoxy groups -OCH3 is 1. The molecule has 0 radical (unpaired) electrons. The standard InChI is InChI=1S/C26H24N4O2S/c1-32-20-14-12-18(13-15-20)24(31)23-22(27)21(26(33)29-19-10-6-3-7-11-19)25(30-23)28-16-17-8-4-2-5-9-17/h2-15,28,30H,16,27H2,1H3,(H,29,33). The van der Waals surface area contributed by atoms with Crippen LogP contribution >= 0.6 is 12.2 Å². The maximum atomic E-state index is 13.2. The third-order valence-electron chi connectivity index (χ3n) is 5.19. The number of aromatic nitrogens is 1. The minimum atomic E-state index is -0.230. The Hall–Kier alpha value is -4.10. The Bertz CT molecular complexity index is 1250. The molecule has 0 saturated carbocycles. The van der Waals surface area contributed by atoms with Crippen molar-refractivity contribution in [3.63, 3.8) is 0 Å². The van der Waals surface area contributed by atoms with E-state index < -0.39 is 0 Å². The molecule has 3 aromatic carbocycles. The fourth-order valence-electron chi connectivity index (χ4n) is 3.45. The average Bonchev–Trinajstić information content (AvgIpc) is 3.19. The molecule has 0 unspecified atom stereocenters. The predicted molar refractivity (Wildman–Crippen MR) is 137 cm³/mol. The zero-order valence-corrected chi connectivity index (χ0v) is 18.9. The molecule has 1 heterocycles. The molecule has 0 amide bonds. The summed E-state index contributed by atoms with van der Waals surface area (Å²) in [5.74, 6) is 1.03. The van der Waals surface area contributed by atoms with Crippen LogP contribution in [0.1, 0.15) is 27.2 Å². The van der Waals surface area contributed by atoms with Crippen molar-refractivity contribution in [2.45, 2.75) is 6.54 Å². The largest absolute Gasteiger partial charge is 0.497 e. The molecule has 166 valence electrons. The monoisotopic (exact) mass is 456 g/mol. The molecule has 0 aliphatic heterocycles. The molecule has 0 aliphatic rings. The first-order chi connectivity index (χ1) is 16.1. The molecule has 5 N–H and O–H groups in total. The average molecular weight is 457 g/mol. The number of carbonyl (C=O) groups is 1. The number of nitrogens with two attached hydrogens (primary N) is 1. The molecule has 7 heteroatoms. The van der Waals surface area contributed by atoms with E-state index in [1.54, 1.807) is 31.4 Å². The third-order valence-corrected chi connectivity index (χ3v) is 5.49. The van der Waals surface area contributed by atoms with Crippen LogP contribution in [0.4, 0.5) is 17.2 Å². The topological polar surface area (TPSA) is 92.2 Å². The Kier molecular flexibility index (Phi) is 6.71. The third kappa shape index (κ3) is 5.05. The number of carbonyl (C=O) groups excluding carboxylic acids is 1. The van der Waals surface area contributed by atoms with Gasteiger partial charge in [-0.1, -0.05) is 60.7 Å². The number of thiocarbonyl (C=S) groups is 1. The molecule has 0 spiro atoms. The van der Waals surface area contributed by atoms with Crippen molar-refractivity contribution in [3.05, 3.63) is 107 Å². The molecular formula is C26H24N4O2S. The van der Waals surface area contributed by atoms with Crippen LogP contribution in [-0.2, 0) is 6.54 Å². The predicted octanol–water partition coefficient (Wildman–Crippen LogP) is 5.24. The summed E-state index contributed by atoms with van der Waals surface area (Å²) in [4.78, 5) is 16.8. The summed E-state index contributed by atoms with van der Waals surface area (Å²) in [5.41, 5.74) is 10.0. The van der Waals surface area contributed by atoms with Gasteiger partial charge in [-0.3, -0.25) is 4.79 Å². The number of rotatable bonds is 8. The lowest BCUT2D eigenvalue weighted by Crippen LogP contribution is -2.14. The summed E-state index contributed by atoms with van der Waals surface area (Å²) in [6.07, 6.45) is 0. The number of H-pyrrole nitrogens is 1. The van der Waals surface area contributed by atoms with Gasteiger partial charge in [-0.25, -0.2) is 0 Å². The van der Waals surface area contributed by atoms with Gasteiger partial charge < -0.3 is 26.1 Å². The summed E-state index contributed by atoms with van der Waals surface area (Å²) >= 11 is 5.68. The van der Waals surface area contributed by atoms with E-state index in [2.05, 4.69) is 15.6 Å². The zero-order valence-electron chi connectivity index (χ0n) is 18.1. The Morgan fingerprint density at radius 3 is 2.24 bits per heavy atom. The van der Waals surface area contributed by atoms with Crippen LogP contribution in [0, 0.1) is 0 Å². The summed E-state index contributed by atoms with van der Waals surface area (Å²) in [5, 5.41) is 6.56. The quantitative estimate of drug-likeness (QED) is 0.214. The molecule has 6 nitrogen and oxygen atoms in total. The Morgan fingerprint density at radius 1 is 0.970 bits per heavy atom. The van der Waals surface area contributed by atoms with E-state index in [0.717, 1.165) is 11.3 Å². The lowest BCUT2D eigenvalue weighted by molar-refractivity contribution is 0.103. The maximum absolute atomic E-state index is 13.2. The first kappa shape index (κ1) is 22.1. The molecule has 0 saturated heterocycles. The highest BCUT2D eigenvalue weighted by atomic mass is 32.1. The van der Waals surface area contributed by atoms with Gasteiger partial charge in [0.1, 0.15) is 22.2 Å². The van der Waals surface area contributed by atoms with Crippen LogP contribution in [-0.4, -0.2) is 22.9 Å². The number of nitrogens with one attached hydrogen (secondary N) is 3. The lowest BCUT2D eigenvalue weighted by Gasteiger charge is -2.11. The zero-order chi connectivity index (χ0) is 23.2. The van der Waals surface area contributed by atoms with Crippen molar-refractivity contribution >= 4 is 40.2 Å². The summed E-state index contributed by atoms with van der Waals surface area (Å²) in [6, 6.07) is 26.4. The van der Waals surface area contributed by atoms with Gasteiger partial charge in [0.05, 0.1) is 18.4 Å². The first-order valence-corrected chi connectivity index (χ1v) is 10.8. The Morgan fingerprint density at radius 2 is 1.61 bits per heavy atom. The van der Waals surface area contributed by atoms with Crippen molar-refractivity contribution in [3.8, 4) is 5.75 Å². The normalized spacial score (nSPS) is 10.5. The van der Waals surface area contributed by atoms with E-state index in [9.17, 15) is 4.79 Å². The second-order valence-electron chi connectivity index (χ2n) is 7.38. The molecule has 4 aromatic rings. The van der Waals surface area contributed by atoms with Gasteiger partial charge in [-0.15, -0.1) is 0 Å². The van der Waals surface area contributed by atoms with Crippen molar-refractivity contribution < 1.29 is 9.53 Å².